The maximum Gasteiger partial charge on any atom is 0.326 e. The zero-order chi connectivity index (χ0) is 15.1. The zero-order valence-electron chi connectivity index (χ0n) is 10.2. The summed E-state index contributed by atoms with van der Waals surface area (Å²) in [6, 6.07) is 5.47. The van der Waals surface area contributed by atoms with E-state index < -0.39 is 30.3 Å². The van der Waals surface area contributed by atoms with Gasteiger partial charge in [0, 0.05) is 4.90 Å². The fourth-order valence-electron chi connectivity index (χ4n) is 1.32. The molecule has 0 saturated heterocycles. The van der Waals surface area contributed by atoms with E-state index in [2.05, 4.69) is 5.32 Å². The van der Waals surface area contributed by atoms with Gasteiger partial charge < -0.3 is 15.5 Å². The van der Waals surface area contributed by atoms with Crippen molar-refractivity contribution >= 4 is 41.2 Å². The first-order valence-electron chi connectivity index (χ1n) is 5.51. The minimum absolute atomic E-state index is 0.0485. The highest BCUT2D eigenvalue weighted by Gasteiger charge is 2.22. The van der Waals surface area contributed by atoms with Crippen LogP contribution >= 0.6 is 23.4 Å². The van der Waals surface area contributed by atoms with Crippen molar-refractivity contribution in [1.82, 2.24) is 5.32 Å². The number of hydrogen-bond acceptors (Lipinski definition) is 4. The van der Waals surface area contributed by atoms with Crippen molar-refractivity contribution in [2.24, 2.45) is 0 Å². The Morgan fingerprint density at radius 3 is 2.45 bits per heavy atom. The summed E-state index contributed by atoms with van der Waals surface area (Å²) in [7, 11) is 0. The van der Waals surface area contributed by atoms with Crippen molar-refractivity contribution in [2.45, 2.75) is 17.4 Å². The van der Waals surface area contributed by atoms with Gasteiger partial charge in [0.1, 0.15) is 6.04 Å². The van der Waals surface area contributed by atoms with Crippen LogP contribution in [0.2, 0.25) is 5.02 Å². The first-order chi connectivity index (χ1) is 9.40. The number of halogens is 1. The van der Waals surface area contributed by atoms with Crippen LogP contribution in [0.5, 0.6) is 0 Å². The van der Waals surface area contributed by atoms with Crippen LogP contribution in [0.3, 0.4) is 0 Å². The van der Waals surface area contributed by atoms with Gasteiger partial charge in [0.15, 0.2) is 0 Å². The van der Waals surface area contributed by atoms with Gasteiger partial charge in [-0.05, 0) is 12.1 Å². The number of thioether (sulfide) groups is 1. The quantitative estimate of drug-likeness (QED) is 0.658. The molecule has 1 atom stereocenters. The summed E-state index contributed by atoms with van der Waals surface area (Å²) in [6.07, 6.45) is -0.669. The highest BCUT2D eigenvalue weighted by molar-refractivity contribution is 8.00. The monoisotopic (exact) mass is 317 g/mol. The van der Waals surface area contributed by atoms with Crippen LogP contribution in [-0.4, -0.2) is 39.9 Å². The van der Waals surface area contributed by atoms with Crippen LogP contribution in [-0.2, 0) is 14.4 Å². The summed E-state index contributed by atoms with van der Waals surface area (Å²) in [5, 5.41) is 20.0. The van der Waals surface area contributed by atoms with Crippen LogP contribution in [0.1, 0.15) is 6.42 Å². The van der Waals surface area contributed by atoms with Crippen LogP contribution in [0, 0.1) is 0 Å². The van der Waals surface area contributed by atoms with Gasteiger partial charge >= 0.3 is 11.9 Å². The van der Waals surface area contributed by atoms with Crippen molar-refractivity contribution in [3.63, 3.8) is 0 Å². The summed E-state index contributed by atoms with van der Waals surface area (Å²) in [5.74, 6) is -3.30. The van der Waals surface area contributed by atoms with Crippen molar-refractivity contribution in [3.05, 3.63) is 29.3 Å². The van der Waals surface area contributed by atoms with Crippen LogP contribution in [0.4, 0.5) is 0 Å². The highest BCUT2D eigenvalue weighted by atomic mass is 35.5. The number of hydrogen-bond donors (Lipinski definition) is 3. The molecule has 20 heavy (non-hydrogen) atoms. The molecule has 0 heterocycles. The molecule has 0 aliphatic heterocycles. The molecule has 3 N–H and O–H groups in total. The number of carboxylic acids is 2. The lowest BCUT2D eigenvalue weighted by Gasteiger charge is -2.12. The molecule has 0 aliphatic carbocycles. The van der Waals surface area contributed by atoms with Gasteiger partial charge in [0.25, 0.3) is 0 Å². The molecule has 0 aromatic heterocycles. The molecule has 0 radical (unpaired) electrons. The average Bonchev–Trinajstić information content (AvgIpc) is 2.36. The number of carbonyl (C=O) groups is 3. The second-order valence-corrected chi connectivity index (χ2v) is 5.20. The Morgan fingerprint density at radius 1 is 1.25 bits per heavy atom. The topological polar surface area (TPSA) is 104 Å². The van der Waals surface area contributed by atoms with E-state index in [9.17, 15) is 14.4 Å². The van der Waals surface area contributed by atoms with Crippen molar-refractivity contribution in [3.8, 4) is 0 Å². The predicted molar refractivity (Wildman–Crippen MR) is 74.0 cm³/mol. The molecule has 1 amide bonds. The van der Waals surface area contributed by atoms with Gasteiger partial charge in [-0.3, -0.25) is 9.59 Å². The molecule has 1 aromatic rings. The van der Waals surface area contributed by atoms with Gasteiger partial charge in [-0.15, -0.1) is 11.8 Å². The minimum atomic E-state index is -1.44. The molecule has 1 aromatic carbocycles. The summed E-state index contributed by atoms with van der Waals surface area (Å²) in [6.45, 7) is 0. The minimum Gasteiger partial charge on any atom is -0.481 e. The number of aliphatic carboxylic acids is 2. The van der Waals surface area contributed by atoms with E-state index in [1.54, 1.807) is 24.3 Å². The molecule has 8 heteroatoms. The Morgan fingerprint density at radius 2 is 1.90 bits per heavy atom. The van der Waals surface area contributed by atoms with E-state index in [0.717, 1.165) is 11.8 Å². The number of benzene rings is 1. The number of amides is 1. The van der Waals surface area contributed by atoms with Gasteiger partial charge in [-0.1, -0.05) is 23.7 Å². The third kappa shape index (κ3) is 5.50. The van der Waals surface area contributed by atoms with E-state index >= 15 is 0 Å². The van der Waals surface area contributed by atoms with Crippen LogP contribution < -0.4 is 5.32 Å². The largest absolute Gasteiger partial charge is 0.481 e. The molecule has 0 fully saturated rings. The Bertz CT molecular complexity index is 522. The van der Waals surface area contributed by atoms with E-state index in [1.165, 1.54) is 0 Å². The molecule has 0 spiro atoms. The fraction of sp³-hybridized carbons (Fsp3) is 0.250. The standard InChI is InChI=1S/C12H12ClNO5S/c13-7-3-1-2-4-9(7)20-6-10(15)14-8(12(18)19)5-11(16)17/h1-4,8H,5-6H2,(H,14,15)(H,16,17)(H,18,19). The first-order valence-corrected chi connectivity index (χ1v) is 6.87. The van der Waals surface area contributed by atoms with E-state index in [-0.39, 0.29) is 5.75 Å². The molecule has 0 aliphatic rings. The Labute approximate surface area is 124 Å². The lowest BCUT2D eigenvalue weighted by Crippen LogP contribution is -2.43. The Kier molecular flexibility index (Phi) is 6.33. The van der Waals surface area contributed by atoms with Crippen molar-refractivity contribution in [2.75, 3.05) is 5.75 Å². The van der Waals surface area contributed by atoms with Gasteiger partial charge in [0.2, 0.25) is 5.91 Å². The molecular weight excluding hydrogens is 306 g/mol. The molecule has 1 unspecified atom stereocenters. The maximum atomic E-state index is 11.6. The van der Waals surface area contributed by atoms with E-state index in [0.29, 0.717) is 9.92 Å². The Hall–Kier alpha value is -1.73. The molecule has 0 bridgehead atoms. The predicted octanol–water partition coefficient (Wildman–Crippen LogP) is 1.48. The van der Waals surface area contributed by atoms with Crippen LogP contribution in [0.15, 0.2) is 29.2 Å². The average molecular weight is 318 g/mol. The van der Waals surface area contributed by atoms with E-state index in [4.69, 9.17) is 21.8 Å². The smallest absolute Gasteiger partial charge is 0.326 e. The zero-order valence-corrected chi connectivity index (χ0v) is 11.8. The summed E-state index contributed by atoms with van der Waals surface area (Å²) in [5.41, 5.74) is 0. The molecule has 0 saturated carbocycles. The van der Waals surface area contributed by atoms with Gasteiger partial charge in [0.05, 0.1) is 17.2 Å². The molecular formula is C12H12ClNO5S. The first kappa shape index (κ1) is 16.3. The lowest BCUT2D eigenvalue weighted by atomic mass is 10.2. The van der Waals surface area contributed by atoms with Crippen molar-refractivity contribution < 1.29 is 24.6 Å². The third-order valence-electron chi connectivity index (χ3n) is 2.21. The second kappa shape index (κ2) is 7.76. The fourth-order valence-corrected chi connectivity index (χ4v) is 2.37. The third-order valence-corrected chi connectivity index (χ3v) is 3.72. The number of carboxylic acid groups (broad SMARTS) is 2. The number of rotatable bonds is 7. The van der Waals surface area contributed by atoms with Gasteiger partial charge in [-0.25, -0.2) is 4.79 Å². The summed E-state index contributed by atoms with van der Waals surface area (Å²) >= 11 is 7.05. The van der Waals surface area contributed by atoms with Crippen LogP contribution in [0.25, 0.3) is 0 Å². The SMILES string of the molecule is O=C(O)CC(NC(=O)CSc1ccccc1Cl)C(=O)O. The summed E-state index contributed by atoms with van der Waals surface area (Å²) < 4.78 is 0. The highest BCUT2D eigenvalue weighted by Crippen LogP contribution is 2.26. The molecule has 108 valence electrons. The molecule has 6 nitrogen and oxygen atoms in total. The van der Waals surface area contributed by atoms with Crippen molar-refractivity contribution in [1.29, 1.82) is 0 Å². The second-order valence-electron chi connectivity index (χ2n) is 3.78. The number of nitrogens with one attached hydrogen (secondary N) is 1. The molecule has 1 rings (SSSR count). The Balaban J connectivity index is 2.52. The van der Waals surface area contributed by atoms with Gasteiger partial charge in [-0.2, -0.15) is 0 Å². The maximum absolute atomic E-state index is 11.6. The normalized spacial score (nSPS) is 11.7. The number of carbonyl (C=O) groups excluding carboxylic acids is 1. The van der Waals surface area contributed by atoms with E-state index in [1.807, 2.05) is 0 Å². The summed E-state index contributed by atoms with van der Waals surface area (Å²) in [4.78, 5) is 33.6. The lowest BCUT2D eigenvalue weighted by molar-refractivity contribution is -0.147.